The minimum Gasteiger partial charge on any atom is -0.462 e. The molecule has 1 amide bonds. The Hall–Kier alpha value is -2.53. The normalized spacial score (nSPS) is 28.8. The van der Waals surface area contributed by atoms with E-state index in [9.17, 15) is 25.2 Å². The van der Waals surface area contributed by atoms with Crippen LogP contribution in [0, 0.1) is 6.92 Å². The zero-order chi connectivity index (χ0) is 22.1. The van der Waals surface area contributed by atoms with E-state index < -0.39 is 36.9 Å². The Morgan fingerprint density at radius 2 is 1.87 bits per heavy atom. The molecule has 1 aliphatic heterocycles. The smallest absolute Gasteiger partial charge is 0.251 e. The molecule has 2 aromatic rings. The summed E-state index contributed by atoms with van der Waals surface area (Å²) in [6.45, 7) is 1.00. The van der Waals surface area contributed by atoms with Crippen LogP contribution in [-0.2, 0) is 4.74 Å². The van der Waals surface area contributed by atoms with Crippen LogP contribution in [0.15, 0.2) is 42.5 Å². The SMILES string of the molecule is CNC(=O)c1cccc(-c2ccc(O[C@H]3O[C@](N)(CO)[C@@H](O)[C@H](O)[C@@H]3O)c(C)c2)c1. The van der Waals surface area contributed by atoms with E-state index in [1.165, 1.54) is 0 Å². The molecule has 0 bridgehead atoms. The van der Waals surface area contributed by atoms with Gasteiger partial charge in [0.05, 0.1) is 6.61 Å². The van der Waals surface area contributed by atoms with Crippen LogP contribution in [-0.4, -0.2) is 70.3 Å². The number of rotatable bonds is 5. The molecule has 162 valence electrons. The largest absolute Gasteiger partial charge is 0.462 e. The number of hydrogen-bond acceptors (Lipinski definition) is 8. The van der Waals surface area contributed by atoms with Crippen LogP contribution in [0.4, 0.5) is 0 Å². The second kappa shape index (κ2) is 8.68. The number of aliphatic hydroxyl groups is 4. The van der Waals surface area contributed by atoms with Crippen LogP contribution in [0.2, 0.25) is 0 Å². The van der Waals surface area contributed by atoms with Gasteiger partial charge in [0.15, 0.2) is 5.72 Å². The summed E-state index contributed by atoms with van der Waals surface area (Å²) in [7, 11) is 1.57. The lowest BCUT2D eigenvalue weighted by molar-refractivity contribution is -0.317. The molecule has 1 saturated heterocycles. The van der Waals surface area contributed by atoms with Gasteiger partial charge in [0, 0.05) is 12.6 Å². The Balaban J connectivity index is 1.83. The molecule has 0 aromatic heterocycles. The fraction of sp³-hybridized carbons (Fsp3) is 0.381. The highest BCUT2D eigenvalue weighted by atomic mass is 16.7. The number of carbonyl (C=O) groups excluding carboxylic acids is 1. The van der Waals surface area contributed by atoms with Gasteiger partial charge in [-0.3, -0.25) is 10.5 Å². The molecule has 30 heavy (non-hydrogen) atoms. The number of nitrogens with one attached hydrogen (secondary N) is 1. The quantitative estimate of drug-likeness (QED) is 0.379. The minimum absolute atomic E-state index is 0.188. The van der Waals surface area contributed by atoms with E-state index in [-0.39, 0.29) is 5.91 Å². The summed E-state index contributed by atoms with van der Waals surface area (Å²) in [6.07, 6.45) is -6.32. The van der Waals surface area contributed by atoms with Gasteiger partial charge in [-0.15, -0.1) is 0 Å². The van der Waals surface area contributed by atoms with Gasteiger partial charge in [0.1, 0.15) is 24.1 Å². The molecule has 0 unspecified atom stereocenters. The lowest BCUT2D eigenvalue weighted by atomic mass is 9.94. The summed E-state index contributed by atoms with van der Waals surface area (Å²) >= 11 is 0. The van der Waals surface area contributed by atoms with E-state index in [2.05, 4.69) is 5.32 Å². The fourth-order valence-electron chi connectivity index (χ4n) is 3.29. The summed E-state index contributed by atoms with van der Waals surface area (Å²) in [5.41, 5.74) is 6.71. The minimum atomic E-state index is -1.97. The Morgan fingerprint density at radius 1 is 1.17 bits per heavy atom. The maximum atomic E-state index is 11.9. The van der Waals surface area contributed by atoms with Crippen molar-refractivity contribution < 1.29 is 34.7 Å². The Bertz CT molecular complexity index is 922. The highest BCUT2D eigenvalue weighted by Gasteiger charge is 2.52. The van der Waals surface area contributed by atoms with E-state index in [0.717, 1.165) is 11.1 Å². The molecule has 9 nitrogen and oxygen atoms in total. The standard InChI is InChI=1S/C21H26N2O7/c1-11-8-13(12-4-3-5-14(9-12)19(28)23-2)6-7-15(11)29-20-17(26)16(25)18(27)21(22,10-24)30-20/h3-9,16-18,20,24-27H,10,22H2,1-2H3,(H,23,28)/t16-,17+,18+,20+,21-/m1/s1. The fourth-order valence-corrected chi connectivity index (χ4v) is 3.29. The van der Waals surface area contributed by atoms with Crippen molar-refractivity contribution in [2.24, 2.45) is 5.73 Å². The molecule has 9 heteroatoms. The van der Waals surface area contributed by atoms with E-state index in [1.54, 1.807) is 44.3 Å². The molecule has 2 aromatic carbocycles. The first-order valence-electron chi connectivity index (χ1n) is 9.41. The summed E-state index contributed by atoms with van der Waals surface area (Å²) in [5, 5.41) is 42.2. The Morgan fingerprint density at radius 3 is 2.50 bits per heavy atom. The zero-order valence-corrected chi connectivity index (χ0v) is 16.6. The molecule has 1 heterocycles. The summed E-state index contributed by atoms with van der Waals surface area (Å²) in [4.78, 5) is 11.9. The van der Waals surface area contributed by atoms with E-state index in [0.29, 0.717) is 16.9 Å². The summed E-state index contributed by atoms with van der Waals surface area (Å²) in [5.74, 6) is 0.168. The monoisotopic (exact) mass is 418 g/mol. The van der Waals surface area contributed by atoms with Crippen molar-refractivity contribution >= 4 is 5.91 Å². The highest BCUT2D eigenvalue weighted by molar-refractivity contribution is 5.95. The molecular formula is C21H26N2O7. The van der Waals surface area contributed by atoms with Crippen molar-refractivity contribution in [2.45, 2.75) is 37.3 Å². The molecule has 7 N–H and O–H groups in total. The second-order valence-corrected chi connectivity index (χ2v) is 7.28. The van der Waals surface area contributed by atoms with Gasteiger partial charge < -0.3 is 35.2 Å². The number of aryl methyl sites for hydroxylation is 1. The first kappa shape index (κ1) is 22.2. The Labute approximate surface area is 173 Å². The highest BCUT2D eigenvalue weighted by Crippen LogP contribution is 2.31. The number of carbonyl (C=O) groups is 1. The average Bonchev–Trinajstić information content (AvgIpc) is 2.76. The second-order valence-electron chi connectivity index (χ2n) is 7.28. The molecule has 0 spiro atoms. The predicted molar refractivity (Wildman–Crippen MR) is 108 cm³/mol. The van der Waals surface area contributed by atoms with Crippen molar-refractivity contribution in [3.05, 3.63) is 53.6 Å². The van der Waals surface area contributed by atoms with Crippen molar-refractivity contribution in [1.29, 1.82) is 0 Å². The van der Waals surface area contributed by atoms with Gasteiger partial charge >= 0.3 is 0 Å². The first-order valence-corrected chi connectivity index (χ1v) is 9.41. The number of aliphatic hydroxyl groups excluding tert-OH is 4. The maximum absolute atomic E-state index is 11.9. The van der Waals surface area contributed by atoms with Crippen LogP contribution in [0.5, 0.6) is 5.75 Å². The van der Waals surface area contributed by atoms with Crippen LogP contribution in [0.3, 0.4) is 0 Å². The van der Waals surface area contributed by atoms with Crippen LogP contribution in [0.25, 0.3) is 11.1 Å². The first-order chi connectivity index (χ1) is 14.2. The number of amides is 1. The Kier molecular flexibility index (Phi) is 6.41. The van der Waals surface area contributed by atoms with Gasteiger partial charge in [0.25, 0.3) is 5.91 Å². The zero-order valence-electron chi connectivity index (χ0n) is 16.6. The number of hydrogen-bond donors (Lipinski definition) is 6. The van der Waals surface area contributed by atoms with Crippen molar-refractivity contribution in [3.63, 3.8) is 0 Å². The molecule has 0 aliphatic carbocycles. The molecule has 0 saturated carbocycles. The molecule has 0 radical (unpaired) electrons. The van der Waals surface area contributed by atoms with Gasteiger partial charge in [-0.05, 0) is 47.9 Å². The van der Waals surface area contributed by atoms with Crippen molar-refractivity contribution in [2.75, 3.05) is 13.7 Å². The lowest BCUT2D eigenvalue weighted by Gasteiger charge is -2.45. The van der Waals surface area contributed by atoms with Gasteiger partial charge in [-0.1, -0.05) is 18.2 Å². The van der Waals surface area contributed by atoms with Gasteiger partial charge in [0.2, 0.25) is 6.29 Å². The predicted octanol–water partition coefficient (Wildman–Crippen LogP) is -0.513. The summed E-state index contributed by atoms with van der Waals surface area (Å²) < 4.78 is 11.0. The van der Waals surface area contributed by atoms with Crippen molar-refractivity contribution in [3.8, 4) is 16.9 Å². The van der Waals surface area contributed by atoms with E-state index >= 15 is 0 Å². The summed E-state index contributed by atoms with van der Waals surface area (Å²) in [6, 6.07) is 12.4. The molecule has 1 aliphatic rings. The molecule has 3 rings (SSSR count). The topological polar surface area (TPSA) is 154 Å². The molecular weight excluding hydrogens is 392 g/mol. The third-order valence-electron chi connectivity index (χ3n) is 5.14. The van der Waals surface area contributed by atoms with Gasteiger partial charge in [-0.2, -0.15) is 0 Å². The van der Waals surface area contributed by atoms with E-state index in [4.69, 9.17) is 15.2 Å². The molecule has 5 atom stereocenters. The number of benzene rings is 2. The third-order valence-corrected chi connectivity index (χ3v) is 5.14. The number of ether oxygens (including phenoxy) is 2. The third kappa shape index (κ3) is 4.17. The number of nitrogens with two attached hydrogens (primary N) is 1. The van der Waals surface area contributed by atoms with Crippen LogP contribution >= 0.6 is 0 Å². The molecule has 1 fully saturated rings. The maximum Gasteiger partial charge on any atom is 0.251 e. The van der Waals surface area contributed by atoms with Crippen molar-refractivity contribution in [1.82, 2.24) is 5.32 Å². The lowest BCUT2D eigenvalue weighted by Crippen LogP contribution is -2.71. The van der Waals surface area contributed by atoms with Crippen LogP contribution in [0.1, 0.15) is 15.9 Å². The van der Waals surface area contributed by atoms with E-state index in [1.807, 2.05) is 12.1 Å². The van der Waals surface area contributed by atoms with Crippen LogP contribution < -0.4 is 15.8 Å². The average molecular weight is 418 g/mol. The van der Waals surface area contributed by atoms with Gasteiger partial charge in [-0.25, -0.2) is 0 Å².